The summed E-state index contributed by atoms with van der Waals surface area (Å²) in [4.78, 5) is 13.9. The molecule has 0 amide bonds. The highest BCUT2D eigenvalue weighted by molar-refractivity contribution is 7.92. The molecule has 0 radical (unpaired) electrons. The van der Waals surface area contributed by atoms with Gasteiger partial charge in [-0.25, -0.2) is 13.2 Å². The SMILES string of the molecule is Cc1cc(OC2CCCC2)ccc1S(=O)(=O)Nc1ccc2[nH]c(=O)oc2c1. The highest BCUT2D eigenvalue weighted by Gasteiger charge is 2.20. The van der Waals surface area contributed by atoms with Crippen LogP contribution in [0, 0.1) is 6.92 Å². The van der Waals surface area contributed by atoms with Gasteiger partial charge in [0.05, 0.1) is 22.2 Å². The van der Waals surface area contributed by atoms with Crippen LogP contribution in [0.3, 0.4) is 0 Å². The molecule has 4 rings (SSSR count). The Balaban J connectivity index is 1.57. The van der Waals surface area contributed by atoms with E-state index in [2.05, 4.69) is 9.71 Å². The molecule has 1 saturated carbocycles. The number of aryl methyl sites for hydroxylation is 1. The fraction of sp³-hybridized carbons (Fsp3) is 0.316. The van der Waals surface area contributed by atoms with Crippen molar-refractivity contribution >= 4 is 26.8 Å². The number of anilines is 1. The van der Waals surface area contributed by atoms with E-state index in [1.165, 1.54) is 18.9 Å². The Morgan fingerprint density at radius 2 is 1.93 bits per heavy atom. The van der Waals surface area contributed by atoms with Gasteiger partial charge in [0.25, 0.3) is 10.0 Å². The number of fused-ring (bicyclic) bond motifs is 1. The molecule has 0 saturated heterocycles. The van der Waals surface area contributed by atoms with Gasteiger partial charge >= 0.3 is 5.76 Å². The van der Waals surface area contributed by atoms with Gasteiger partial charge < -0.3 is 9.15 Å². The smallest absolute Gasteiger partial charge is 0.417 e. The van der Waals surface area contributed by atoms with Gasteiger partial charge in [0.15, 0.2) is 5.58 Å². The minimum absolute atomic E-state index is 0.178. The Kier molecular flexibility index (Phi) is 4.43. The Hall–Kier alpha value is -2.74. The van der Waals surface area contributed by atoms with Crippen LogP contribution in [0.4, 0.5) is 5.69 Å². The van der Waals surface area contributed by atoms with Crippen LogP contribution in [-0.2, 0) is 10.0 Å². The van der Waals surface area contributed by atoms with Crippen LogP contribution in [0.5, 0.6) is 5.75 Å². The predicted octanol–water partition coefficient (Wildman–Crippen LogP) is 3.55. The summed E-state index contributed by atoms with van der Waals surface area (Å²) in [5.74, 6) is 0.104. The highest BCUT2D eigenvalue weighted by Crippen LogP contribution is 2.28. The normalized spacial score (nSPS) is 15.3. The number of H-pyrrole nitrogens is 1. The van der Waals surface area contributed by atoms with E-state index in [9.17, 15) is 13.2 Å². The molecular formula is C19H20N2O5S. The number of nitrogens with one attached hydrogen (secondary N) is 2. The van der Waals surface area contributed by atoms with Gasteiger partial charge in [-0.1, -0.05) is 0 Å². The van der Waals surface area contributed by atoms with E-state index >= 15 is 0 Å². The molecule has 7 nitrogen and oxygen atoms in total. The third-order valence-corrected chi connectivity index (χ3v) is 6.26. The molecule has 3 aromatic rings. The number of hydrogen-bond acceptors (Lipinski definition) is 5. The molecule has 2 aromatic carbocycles. The summed E-state index contributed by atoms with van der Waals surface area (Å²) < 4.78 is 39.0. The molecule has 0 atom stereocenters. The van der Waals surface area contributed by atoms with E-state index in [0.717, 1.165) is 12.8 Å². The van der Waals surface area contributed by atoms with Gasteiger partial charge in [0.1, 0.15) is 5.75 Å². The lowest BCUT2D eigenvalue weighted by Gasteiger charge is -2.15. The maximum Gasteiger partial charge on any atom is 0.417 e. The second-order valence-electron chi connectivity index (χ2n) is 6.78. The molecule has 8 heteroatoms. The third kappa shape index (κ3) is 3.71. The van der Waals surface area contributed by atoms with Gasteiger partial charge in [0.2, 0.25) is 0 Å². The summed E-state index contributed by atoms with van der Waals surface area (Å²) in [5.41, 5.74) is 1.72. The monoisotopic (exact) mass is 388 g/mol. The van der Waals surface area contributed by atoms with Crippen LogP contribution in [0.15, 0.2) is 50.5 Å². The maximum absolute atomic E-state index is 12.8. The largest absolute Gasteiger partial charge is 0.490 e. The first-order valence-electron chi connectivity index (χ1n) is 8.84. The molecule has 142 valence electrons. The van der Waals surface area contributed by atoms with Gasteiger partial charge in [-0.3, -0.25) is 9.71 Å². The molecule has 2 N–H and O–H groups in total. The fourth-order valence-electron chi connectivity index (χ4n) is 3.41. The minimum Gasteiger partial charge on any atom is -0.490 e. The lowest BCUT2D eigenvalue weighted by Crippen LogP contribution is -2.15. The van der Waals surface area contributed by atoms with Crippen molar-refractivity contribution in [2.45, 2.75) is 43.6 Å². The molecular weight excluding hydrogens is 368 g/mol. The van der Waals surface area contributed by atoms with Crippen molar-refractivity contribution in [2.24, 2.45) is 0 Å². The van der Waals surface area contributed by atoms with E-state index < -0.39 is 15.8 Å². The Bertz CT molecular complexity index is 1140. The van der Waals surface area contributed by atoms with Crippen molar-refractivity contribution in [2.75, 3.05) is 4.72 Å². The van der Waals surface area contributed by atoms with E-state index in [-0.39, 0.29) is 16.6 Å². The standard InChI is InChI=1S/C19H20N2O5S/c1-12-10-15(25-14-4-2-3-5-14)7-9-18(12)27(23,24)21-13-6-8-16-17(11-13)26-19(22)20-16/h6-11,14,21H,2-5H2,1H3,(H,20,22). The van der Waals surface area contributed by atoms with Crippen LogP contribution in [0.2, 0.25) is 0 Å². The first-order chi connectivity index (χ1) is 12.9. The lowest BCUT2D eigenvalue weighted by atomic mass is 10.2. The van der Waals surface area contributed by atoms with Crippen molar-refractivity contribution in [3.8, 4) is 5.75 Å². The number of rotatable bonds is 5. The molecule has 1 aliphatic carbocycles. The van der Waals surface area contributed by atoms with E-state index in [1.54, 1.807) is 37.3 Å². The van der Waals surface area contributed by atoms with Gasteiger partial charge in [-0.2, -0.15) is 0 Å². The van der Waals surface area contributed by atoms with Crippen molar-refractivity contribution < 1.29 is 17.6 Å². The number of aromatic amines is 1. The first kappa shape index (κ1) is 17.7. The number of sulfonamides is 1. The average molecular weight is 388 g/mol. The fourth-order valence-corrected chi connectivity index (χ4v) is 4.69. The van der Waals surface area contributed by atoms with Crippen LogP contribution in [0.1, 0.15) is 31.2 Å². The second kappa shape index (κ2) is 6.77. The van der Waals surface area contributed by atoms with Crippen molar-refractivity contribution in [1.82, 2.24) is 4.98 Å². The second-order valence-corrected chi connectivity index (χ2v) is 8.43. The van der Waals surface area contributed by atoms with Crippen molar-refractivity contribution in [1.29, 1.82) is 0 Å². The molecule has 0 unspecified atom stereocenters. The molecule has 27 heavy (non-hydrogen) atoms. The molecule has 1 aromatic heterocycles. The number of hydrogen-bond donors (Lipinski definition) is 2. The summed E-state index contributed by atoms with van der Waals surface area (Å²) >= 11 is 0. The molecule has 1 aliphatic rings. The summed E-state index contributed by atoms with van der Waals surface area (Å²) in [7, 11) is -3.79. The molecule has 0 bridgehead atoms. The summed E-state index contributed by atoms with van der Waals surface area (Å²) in [6, 6.07) is 9.62. The van der Waals surface area contributed by atoms with Crippen LogP contribution >= 0.6 is 0 Å². The number of oxazole rings is 1. The third-order valence-electron chi connectivity index (χ3n) is 4.71. The summed E-state index contributed by atoms with van der Waals surface area (Å²) in [6.07, 6.45) is 4.64. The first-order valence-corrected chi connectivity index (χ1v) is 10.3. The minimum atomic E-state index is -3.79. The van der Waals surface area contributed by atoms with Crippen molar-refractivity contribution in [3.05, 3.63) is 52.5 Å². The Labute approximate surface area is 156 Å². The average Bonchev–Trinajstić information content (AvgIpc) is 3.22. The zero-order chi connectivity index (χ0) is 19.0. The Morgan fingerprint density at radius 3 is 2.67 bits per heavy atom. The summed E-state index contributed by atoms with van der Waals surface area (Å²) in [5, 5.41) is 0. The summed E-state index contributed by atoms with van der Waals surface area (Å²) in [6.45, 7) is 1.74. The number of aromatic nitrogens is 1. The molecule has 0 aliphatic heterocycles. The molecule has 1 heterocycles. The highest BCUT2D eigenvalue weighted by atomic mass is 32.2. The lowest BCUT2D eigenvalue weighted by molar-refractivity contribution is 0.210. The topological polar surface area (TPSA) is 101 Å². The predicted molar refractivity (Wildman–Crippen MR) is 102 cm³/mol. The van der Waals surface area contributed by atoms with Crippen molar-refractivity contribution in [3.63, 3.8) is 0 Å². The quantitative estimate of drug-likeness (QED) is 0.696. The zero-order valence-electron chi connectivity index (χ0n) is 14.8. The molecule has 1 fully saturated rings. The Morgan fingerprint density at radius 1 is 1.15 bits per heavy atom. The zero-order valence-corrected chi connectivity index (χ0v) is 15.6. The van der Waals surface area contributed by atoms with Crippen LogP contribution in [0.25, 0.3) is 11.1 Å². The number of ether oxygens (including phenoxy) is 1. The van der Waals surface area contributed by atoms with Crippen LogP contribution < -0.4 is 15.2 Å². The molecule has 0 spiro atoms. The van der Waals surface area contributed by atoms with Gasteiger partial charge in [-0.05, 0) is 68.5 Å². The maximum atomic E-state index is 12.8. The van der Waals surface area contributed by atoms with E-state index in [1.807, 2.05) is 0 Å². The van der Waals surface area contributed by atoms with Gasteiger partial charge in [-0.15, -0.1) is 0 Å². The van der Waals surface area contributed by atoms with E-state index in [4.69, 9.17) is 9.15 Å². The van der Waals surface area contributed by atoms with E-state index in [0.29, 0.717) is 22.5 Å². The van der Waals surface area contributed by atoms with Crippen LogP contribution in [-0.4, -0.2) is 19.5 Å². The van der Waals surface area contributed by atoms with Gasteiger partial charge in [0, 0.05) is 6.07 Å². The number of benzene rings is 2.